The molecule has 0 heterocycles. The molecule has 0 aliphatic rings. The third kappa shape index (κ3) is 7.34. The molecule has 214 valence electrons. The average Bonchev–Trinajstić information content (AvgIpc) is 2.93. The maximum atomic E-state index is 14.1. The van der Waals surface area contributed by atoms with Crippen LogP contribution >= 0.6 is 11.6 Å². The molecule has 3 aromatic carbocycles. The van der Waals surface area contributed by atoms with E-state index >= 15 is 0 Å². The summed E-state index contributed by atoms with van der Waals surface area (Å²) < 4.78 is 34.8. The summed E-state index contributed by atoms with van der Waals surface area (Å²) in [6.07, 6.45) is 0.350. The van der Waals surface area contributed by atoms with Crippen LogP contribution < -0.4 is 14.4 Å². The molecular formula is C30H36ClN3O5S. The Morgan fingerprint density at radius 3 is 2.23 bits per heavy atom. The van der Waals surface area contributed by atoms with Gasteiger partial charge in [-0.25, -0.2) is 8.42 Å². The molecule has 0 radical (unpaired) electrons. The molecule has 0 spiro atoms. The van der Waals surface area contributed by atoms with E-state index in [9.17, 15) is 18.0 Å². The van der Waals surface area contributed by atoms with Crippen LogP contribution in [0.5, 0.6) is 5.75 Å². The van der Waals surface area contributed by atoms with Crippen molar-refractivity contribution in [1.82, 2.24) is 10.2 Å². The van der Waals surface area contributed by atoms with Gasteiger partial charge < -0.3 is 15.0 Å². The summed E-state index contributed by atoms with van der Waals surface area (Å²) in [6, 6.07) is 19.2. The topological polar surface area (TPSA) is 96.0 Å². The van der Waals surface area contributed by atoms with Crippen LogP contribution in [0.15, 0.2) is 77.7 Å². The smallest absolute Gasteiger partial charge is 0.264 e. The first kappa shape index (κ1) is 31.0. The third-order valence-corrected chi connectivity index (χ3v) is 8.48. The minimum Gasteiger partial charge on any atom is -0.492 e. The highest BCUT2D eigenvalue weighted by Crippen LogP contribution is 2.33. The van der Waals surface area contributed by atoms with Gasteiger partial charge in [0.25, 0.3) is 10.0 Å². The molecule has 1 atom stereocenters. The Kier molecular flexibility index (Phi) is 11.0. The van der Waals surface area contributed by atoms with Crippen LogP contribution in [0.3, 0.4) is 0 Å². The van der Waals surface area contributed by atoms with Crippen LogP contribution in [0.1, 0.15) is 38.3 Å². The molecule has 0 fully saturated rings. The lowest BCUT2D eigenvalue weighted by Crippen LogP contribution is -2.52. The van der Waals surface area contributed by atoms with E-state index in [-0.39, 0.29) is 23.0 Å². The molecule has 1 N–H and O–H groups in total. The molecule has 3 aromatic rings. The predicted molar refractivity (Wildman–Crippen MR) is 158 cm³/mol. The number of halogens is 1. The highest BCUT2D eigenvalue weighted by atomic mass is 35.5. The highest BCUT2D eigenvalue weighted by Gasteiger charge is 2.34. The molecule has 0 bridgehead atoms. The van der Waals surface area contributed by atoms with Crippen molar-refractivity contribution in [2.24, 2.45) is 0 Å². The summed E-state index contributed by atoms with van der Waals surface area (Å²) in [6.45, 7) is 7.66. The van der Waals surface area contributed by atoms with Crippen molar-refractivity contribution in [1.29, 1.82) is 0 Å². The lowest BCUT2D eigenvalue weighted by atomic mass is 10.1. The number of rotatable bonds is 13. The first-order valence-corrected chi connectivity index (χ1v) is 15.1. The van der Waals surface area contributed by atoms with Gasteiger partial charge in [0.15, 0.2) is 0 Å². The zero-order valence-corrected chi connectivity index (χ0v) is 24.8. The van der Waals surface area contributed by atoms with Gasteiger partial charge in [0.2, 0.25) is 11.8 Å². The fourth-order valence-electron chi connectivity index (χ4n) is 4.37. The molecule has 40 heavy (non-hydrogen) atoms. The molecule has 0 aliphatic carbocycles. The van der Waals surface area contributed by atoms with Crippen molar-refractivity contribution in [3.05, 3.63) is 88.9 Å². The van der Waals surface area contributed by atoms with Gasteiger partial charge in [0, 0.05) is 18.1 Å². The molecule has 1 unspecified atom stereocenters. The van der Waals surface area contributed by atoms with Gasteiger partial charge in [-0.3, -0.25) is 13.9 Å². The number of likely N-dealkylation sites (N-methyl/N-ethyl adjacent to an activating group) is 1. The summed E-state index contributed by atoms with van der Waals surface area (Å²) in [4.78, 5) is 28.6. The molecule has 10 heteroatoms. The van der Waals surface area contributed by atoms with Crippen molar-refractivity contribution in [3.8, 4) is 5.75 Å². The molecule has 8 nitrogen and oxygen atoms in total. The van der Waals surface area contributed by atoms with E-state index in [2.05, 4.69) is 5.32 Å². The van der Waals surface area contributed by atoms with E-state index in [0.717, 1.165) is 15.4 Å². The van der Waals surface area contributed by atoms with Crippen LogP contribution in [-0.4, -0.2) is 50.9 Å². The molecule has 2 amide bonds. The zero-order valence-electron chi connectivity index (χ0n) is 23.3. The SMILES string of the molecule is CCNC(=O)C(CC)N(Cc1ccccc1C)C(=O)CN(c1ccccc1OCC)S(=O)(=O)c1ccc(Cl)cc1. The van der Waals surface area contributed by atoms with Gasteiger partial charge in [-0.15, -0.1) is 0 Å². The summed E-state index contributed by atoms with van der Waals surface area (Å²) in [5, 5.41) is 3.19. The Bertz CT molecular complexity index is 1410. The van der Waals surface area contributed by atoms with Gasteiger partial charge >= 0.3 is 0 Å². The lowest BCUT2D eigenvalue weighted by molar-refractivity contribution is -0.140. The van der Waals surface area contributed by atoms with Crippen molar-refractivity contribution in [2.45, 2.75) is 51.6 Å². The van der Waals surface area contributed by atoms with E-state index < -0.39 is 28.5 Å². The molecular weight excluding hydrogens is 550 g/mol. The zero-order chi connectivity index (χ0) is 29.3. The Morgan fingerprint density at radius 2 is 1.60 bits per heavy atom. The molecule has 0 aliphatic heterocycles. The van der Waals surface area contributed by atoms with Gasteiger partial charge in [0.1, 0.15) is 18.3 Å². The van der Waals surface area contributed by atoms with Crippen molar-refractivity contribution in [3.63, 3.8) is 0 Å². The number of para-hydroxylation sites is 2. The van der Waals surface area contributed by atoms with E-state index in [1.165, 1.54) is 29.2 Å². The van der Waals surface area contributed by atoms with Crippen LogP contribution in [0, 0.1) is 6.92 Å². The lowest BCUT2D eigenvalue weighted by Gasteiger charge is -2.33. The molecule has 0 saturated heterocycles. The number of carbonyl (C=O) groups excluding carboxylic acids is 2. The number of aryl methyl sites for hydroxylation is 1. The second kappa shape index (κ2) is 14.2. The number of benzene rings is 3. The standard InChI is InChI=1S/C30H36ClN3O5S/c1-5-26(30(36)32-6-2)33(20-23-13-9-8-12-22(23)4)29(35)21-34(27-14-10-11-15-28(27)39-7-3)40(37,38)25-18-16-24(31)17-19-25/h8-19,26H,5-7,20-21H2,1-4H3,(H,32,36). The Morgan fingerprint density at radius 1 is 0.950 bits per heavy atom. The quantitative estimate of drug-likeness (QED) is 0.298. The maximum Gasteiger partial charge on any atom is 0.264 e. The monoisotopic (exact) mass is 585 g/mol. The second-order valence-electron chi connectivity index (χ2n) is 9.13. The van der Waals surface area contributed by atoms with Crippen LogP contribution in [0.4, 0.5) is 5.69 Å². The number of amides is 2. The van der Waals surface area contributed by atoms with Crippen LogP contribution in [-0.2, 0) is 26.2 Å². The summed E-state index contributed by atoms with van der Waals surface area (Å²) >= 11 is 6.02. The van der Waals surface area contributed by atoms with E-state index in [1.807, 2.05) is 45.0 Å². The number of ether oxygens (including phenoxy) is 1. The number of nitrogens with zero attached hydrogens (tertiary/aromatic N) is 2. The van der Waals surface area contributed by atoms with Gasteiger partial charge in [0.05, 0.1) is 17.2 Å². The second-order valence-corrected chi connectivity index (χ2v) is 11.4. The average molecular weight is 586 g/mol. The first-order valence-electron chi connectivity index (χ1n) is 13.3. The molecule has 3 rings (SSSR count). The van der Waals surface area contributed by atoms with E-state index in [0.29, 0.717) is 30.3 Å². The minimum absolute atomic E-state index is 0.0303. The van der Waals surface area contributed by atoms with Crippen molar-refractivity contribution < 1.29 is 22.7 Å². The third-order valence-electron chi connectivity index (χ3n) is 6.45. The van der Waals surface area contributed by atoms with Gasteiger partial charge in [-0.1, -0.05) is 54.9 Å². The number of sulfonamides is 1. The first-order chi connectivity index (χ1) is 19.1. The van der Waals surface area contributed by atoms with Gasteiger partial charge in [-0.2, -0.15) is 0 Å². The summed E-state index contributed by atoms with van der Waals surface area (Å²) in [5.41, 5.74) is 2.04. The summed E-state index contributed by atoms with van der Waals surface area (Å²) in [5.74, 6) is -0.504. The molecule has 0 saturated carbocycles. The number of hydrogen-bond donors (Lipinski definition) is 1. The predicted octanol–water partition coefficient (Wildman–Crippen LogP) is 5.19. The van der Waals surface area contributed by atoms with Crippen LogP contribution in [0.2, 0.25) is 5.02 Å². The number of anilines is 1. The largest absolute Gasteiger partial charge is 0.492 e. The highest BCUT2D eigenvalue weighted by molar-refractivity contribution is 7.92. The number of carbonyl (C=O) groups is 2. The summed E-state index contributed by atoms with van der Waals surface area (Å²) in [7, 11) is -4.24. The minimum atomic E-state index is -4.24. The van der Waals surface area contributed by atoms with Gasteiger partial charge in [-0.05, 0) is 74.7 Å². The van der Waals surface area contributed by atoms with Crippen LogP contribution in [0.25, 0.3) is 0 Å². The molecule has 0 aromatic heterocycles. The van der Waals surface area contributed by atoms with E-state index in [4.69, 9.17) is 16.3 Å². The normalized spacial score (nSPS) is 11.9. The fraction of sp³-hybridized carbons (Fsp3) is 0.333. The Balaban J connectivity index is 2.12. The Hall–Kier alpha value is -3.56. The van der Waals surface area contributed by atoms with E-state index in [1.54, 1.807) is 31.2 Å². The number of nitrogens with one attached hydrogen (secondary N) is 1. The maximum absolute atomic E-state index is 14.1. The van der Waals surface area contributed by atoms with Crippen molar-refractivity contribution in [2.75, 3.05) is 24.0 Å². The fourth-order valence-corrected chi connectivity index (χ4v) is 5.92. The van der Waals surface area contributed by atoms with Crippen molar-refractivity contribution >= 4 is 39.1 Å². The Labute approximate surface area is 241 Å². The number of hydrogen-bond acceptors (Lipinski definition) is 5.